The molecular weight excluding hydrogens is 418 g/mol. The summed E-state index contributed by atoms with van der Waals surface area (Å²) in [5.74, 6) is -0.0666. The Hall–Kier alpha value is -3.24. The lowest BCUT2D eigenvalue weighted by molar-refractivity contribution is 0.0763. The molecule has 2 N–H and O–H groups in total. The van der Waals surface area contributed by atoms with E-state index in [2.05, 4.69) is 77.7 Å². The fraction of sp³-hybridized carbons (Fsp3) is 0.226. The molecule has 4 aromatic carbocycles. The van der Waals surface area contributed by atoms with Crippen LogP contribution >= 0.6 is 0 Å². The summed E-state index contributed by atoms with van der Waals surface area (Å²) in [5.41, 5.74) is 5.91. The van der Waals surface area contributed by atoms with Crippen molar-refractivity contribution in [1.29, 1.82) is 0 Å². The zero-order valence-corrected chi connectivity index (χ0v) is 19.5. The minimum atomic E-state index is -0.582. The predicted molar refractivity (Wildman–Crippen MR) is 140 cm³/mol. The highest BCUT2D eigenvalue weighted by Gasteiger charge is 2.25. The molecule has 0 radical (unpaired) electrons. The van der Waals surface area contributed by atoms with Crippen LogP contribution < -0.4 is 0 Å². The van der Waals surface area contributed by atoms with Gasteiger partial charge in [-0.1, -0.05) is 115 Å². The summed E-state index contributed by atoms with van der Waals surface area (Å²) >= 11 is 0. The highest BCUT2D eigenvalue weighted by molar-refractivity contribution is 5.67. The molecule has 0 bridgehead atoms. The van der Waals surface area contributed by atoms with Gasteiger partial charge in [0.2, 0.25) is 0 Å². The van der Waals surface area contributed by atoms with Crippen molar-refractivity contribution in [1.82, 2.24) is 4.90 Å². The molecule has 4 aromatic rings. The Morgan fingerprint density at radius 3 is 1.94 bits per heavy atom. The Balaban J connectivity index is 1.60. The van der Waals surface area contributed by atoms with E-state index in [0.717, 1.165) is 12.0 Å². The maximum absolute atomic E-state index is 11.5. The quantitative estimate of drug-likeness (QED) is 0.315. The molecule has 34 heavy (non-hydrogen) atoms. The number of rotatable bonds is 11. The summed E-state index contributed by atoms with van der Waals surface area (Å²) in [6.45, 7) is 1.77. The van der Waals surface area contributed by atoms with Crippen molar-refractivity contribution in [3.63, 3.8) is 0 Å². The second-order valence-corrected chi connectivity index (χ2v) is 8.76. The van der Waals surface area contributed by atoms with Crippen molar-refractivity contribution < 1.29 is 10.2 Å². The minimum Gasteiger partial charge on any atom is -0.395 e. The summed E-state index contributed by atoms with van der Waals surface area (Å²) < 4.78 is 0. The van der Waals surface area contributed by atoms with Crippen LogP contribution in [0.3, 0.4) is 0 Å². The lowest BCUT2D eigenvalue weighted by Gasteiger charge is -2.30. The molecule has 0 aliphatic carbocycles. The number of benzene rings is 4. The van der Waals surface area contributed by atoms with Gasteiger partial charge in [-0.3, -0.25) is 4.90 Å². The zero-order chi connectivity index (χ0) is 23.6. The van der Waals surface area contributed by atoms with Crippen LogP contribution in [0.2, 0.25) is 0 Å². The fourth-order valence-corrected chi connectivity index (χ4v) is 4.62. The Bertz CT molecular complexity index is 1120. The summed E-state index contributed by atoms with van der Waals surface area (Å²) in [5, 5.41) is 21.2. The molecule has 0 saturated heterocycles. The summed E-state index contributed by atoms with van der Waals surface area (Å²) in [6.07, 6.45) is 0.149. The first-order valence-electron chi connectivity index (χ1n) is 12.0. The molecule has 0 fully saturated rings. The van der Waals surface area contributed by atoms with Crippen molar-refractivity contribution in [2.45, 2.75) is 25.0 Å². The lowest BCUT2D eigenvalue weighted by atomic mass is 9.84. The molecule has 0 heterocycles. The van der Waals surface area contributed by atoms with E-state index in [1.807, 2.05) is 42.5 Å². The van der Waals surface area contributed by atoms with E-state index in [0.29, 0.717) is 19.6 Å². The highest BCUT2D eigenvalue weighted by Crippen LogP contribution is 2.31. The molecule has 0 aliphatic heterocycles. The van der Waals surface area contributed by atoms with E-state index in [1.165, 1.54) is 22.3 Å². The third-order valence-corrected chi connectivity index (χ3v) is 6.34. The van der Waals surface area contributed by atoms with Crippen molar-refractivity contribution in [2.24, 2.45) is 0 Å². The fourth-order valence-electron chi connectivity index (χ4n) is 4.62. The van der Waals surface area contributed by atoms with Crippen LogP contribution in [0.25, 0.3) is 11.1 Å². The highest BCUT2D eigenvalue weighted by atomic mass is 16.3. The van der Waals surface area contributed by atoms with Crippen LogP contribution in [0.4, 0.5) is 0 Å². The van der Waals surface area contributed by atoms with Gasteiger partial charge >= 0.3 is 0 Å². The molecule has 4 rings (SSSR count). The first kappa shape index (κ1) is 23.9. The van der Waals surface area contributed by atoms with Gasteiger partial charge in [-0.2, -0.15) is 0 Å². The normalized spacial score (nSPS) is 13.0. The summed E-state index contributed by atoms with van der Waals surface area (Å²) in [4.78, 5) is 2.14. The van der Waals surface area contributed by atoms with E-state index in [9.17, 15) is 10.2 Å². The largest absolute Gasteiger partial charge is 0.395 e. The SMILES string of the molecule is OCCN(Cc1ccccc1)CC(O)[C@@H](Cc1ccccc1-c1ccccc1)c1ccccc1. The van der Waals surface area contributed by atoms with Crippen LogP contribution in [0.5, 0.6) is 0 Å². The van der Waals surface area contributed by atoms with Gasteiger partial charge in [0.25, 0.3) is 0 Å². The van der Waals surface area contributed by atoms with Crippen LogP contribution in [0, 0.1) is 0 Å². The van der Waals surface area contributed by atoms with Gasteiger partial charge in [-0.15, -0.1) is 0 Å². The van der Waals surface area contributed by atoms with E-state index >= 15 is 0 Å². The number of nitrogens with zero attached hydrogens (tertiary/aromatic N) is 1. The van der Waals surface area contributed by atoms with Crippen molar-refractivity contribution in [3.8, 4) is 11.1 Å². The van der Waals surface area contributed by atoms with Crippen molar-refractivity contribution >= 4 is 0 Å². The van der Waals surface area contributed by atoms with Crippen molar-refractivity contribution in [2.75, 3.05) is 19.7 Å². The molecule has 0 amide bonds. The third kappa shape index (κ3) is 6.42. The molecule has 3 heteroatoms. The molecule has 0 aromatic heterocycles. The smallest absolute Gasteiger partial charge is 0.0738 e. The lowest BCUT2D eigenvalue weighted by Crippen LogP contribution is -2.37. The third-order valence-electron chi connectivity index (χ3n) is 6.34. The van der Waals surface area contributed by atoms with E-state index < -0.39 is 6.10 Å². The van der Waals surface area contributed by atoms with E-state index in [-0.39, 0.29) is 12.5 Å². The van der Waals surface area contributed by atoms with Crippen LogP contribution in [-0.4, -0.2) is 40.9 Å². The number of hydrogen-bond acceptors (Lipinski definition) is 3. The van der Waals surface area contributed by atoms with Gasteiger partial charge in [0.1, 0.15) is 0 Å². The van der Waals surface area contributed by atoms with Gasteiger partial charge in [0.15, 0.2) is 0 Å². The maximum Gasteiger partial charge on any atom is 0.0738 e. The Kier molecular flexibility index (Phi) is 8.64. The summed E-state index contributed by atoms with van der Waals surface area (Å²) in [7, 11) is 0. The Labute approximate surface area is 203 Å². The van der Waals surface area contributed by atoms with Crippen LogP contribution in [-0.2, 0) is 13.0 Å². The zero-order valence-electron chi connectivity index (χ0n) is 19.5. The summed E-state index contributed by atoms with van der Waals surface area (Å²) in [6, 6.07) is 39.4. The van der Waals surface area contributed by atoms with E-state index in [4.69, 9.17) is 0 Å². The van der Waals surface area contributed by atoms with Gasteiger partial charge < -0.3 is 10.2 Å². The Morgan fingerprint density at radius 2 is 1.26 bits per heavy atom. The van der Waals surface area contributed by atoms with E-state index in [1.54, 1.807) is 0 Å². The molecule has 174 valence electrons. The molecule has 2 atom stereocenters. The standard InChI is InChI=1S/C31H33NO2/c33-21-20-32(23-25-12-4-1-5-13-25)24-31(34)30(27-16-8-3-9-17-27)22-28-18-10-11-19-29(28)26-14-6-2-7-15-26/h1-19,30-31,33-34H,20-24H2/t30-,31?/m0/s1. The molecule has 3 nitrogen and oxygen atoms in total. The molecule has 0 spiro atoms. The number of hydrogen-bond donors (Lipinski definition) is 2. The van der Waals surface area contributed by atoms with Crippen LogP contribution in [0.15, 0.2) is 115 Å². The van der Waals surface area contributed by atoms with Crippen molar-refractivity contribution in [3.05, 3.63) is 132 Å². The molecule has 1 unspecified atom stereocenters. The van der Waals surface area contributed by atoms with Gasteiger partial charge in [-0.25, -0.2) is 0 Å². The second kappa shape index (κ2) is 12.3. The monoisotopic (exact) mass is 451 g/mol. The topological polar surface area (TPSA) is 43.7 Å². The molecule has 0 aliphatic rings. The Morgan fingerprint density at radius 1 is 0.676 bits per heavy atom. The van der Waals surface area contributed by atoms with Crippen LogP contribution in [0.1, 0.15) is 22.6 Å². The molecule has 0 saturated carbocycles. The predicted octanol–water partition coefficient (Wildman–Crippen LogP) is 5.54. The minimum absolute atomic E-state index is 0.0619. The number of aliphatic hydroxyl groups excluding tert-OH is 2. The first-order chi connectivity index (χ1) is 16.7. The average molecular weight is 452 g/mol. The average Bonchev–Trinajstić information content (AvgIpc) is 2.89. The van der Waals surface area contributed by atoms with Gasteiger partial charge in [0.05, 0.1) is 12.7 Å². The van der Waals surface area contributed by atoms with Gasteiger partial charge in [-0.05, 0) is 34.2 Å². The second-order valence-electron chi connectivity index (χ2n) is 8.76. The first-order valence-corrected chi connectivity index (χ1v) is 12.0. The van der Waals surface area contributed by atoms with Gasteiger partial charge in [0, 0.05) is 25.6 Å². The number of aliphatic hydroxyl groups is 2. The molecular formula is C31H33NO2. The maximum atomic E-state index is 11.5.